The molecule has 0 heterocycles. The van der Waals surface area contributed by atoms with Crippen LogP contribution in [0.1, 0.15) is 57.1 Å². The van der Waals surface area contributed by atoms with E-state index in [1.54, 1.807) is 0 Å². The molecule has 34 heavy (non-hydrogen) atoms. The summed E-state index contributed by atoms with van der Waals surface area (Å²) in [6, 6.07) is 15.3. The van der Waals surface area contributed by atoms with Gasteiger partial charge in [0, 0.05) is 5.92 Å². The maximum Gasteiger partial charge on any atom is 0.407 e. The first kappa shape index (κ1) is 23.8. The monoisotopic (exact) mass is 464 g/mol. The van der Waals surface area contributed by atoms with Gasteiger partial charge in [-0.25, -0.2) is 9.59 Å². The van der Waals surface area contributed by atoms with Gasteiger partial charge in [-0.15, -0.1) is 0 Å². The summed E-state index contributed by atoms with van der Waals surface area (Å²) >= 11 is 0. The predicted octanol–water partition coefficient (Wildman–Crippen LogP) is 4.31. The molecule has 0 aliphatic heterocycles. The largest absolute Gasteiger partial charge is 0.480 e. The molecule has 0 aromatic heterocycles. The third-order valence-corrected chi connectivity index (χ3v) is 7.33. The van der Waals surface area contributed by atoms with Gasteiger partial charge in [0.05, 0.1) is 0 Å². The zero-order valence-corrected chi connectivity index (χ0v) is 19.8. The first-order valence-corrected chi connectivity index (χ1v) is 11.9. The lowest BCUT2D eigenvalue weighted by Gasteiger charge is -2.30. The highest BCUT2D eigenvalue weighted by atomic mass is 16.5. The van der Waals surface area contributed by atoms with Crippen molar-refractivity contribution in [3.8, 4) is 11.1 Å². The Morgan fingerprint density at radius 3 is 2.12 bits per heavy atom. The van der Waals surface area contributed by atoms with Gasteiger partial charge in [0.1, 0.15) is 18.2 Å². The van der Waals surface area contributed by atoms with E-state index in [1.807, 2.05) is 50.2 Å². The van der Waals surface area contributed by atoms with Gasteiger partial charge in [0.2, 0.25) is 5.91 Å². The number of carboxylic acids is 1. The zero-order valence-electron chi connectivity index (χ0n) is 19.8. The molecule has 7 nitrogen and oxygen atoms in total. The van der Waals surface area contributed by atoms with E-state index in [4.69, 9.17) is 4.74 Å². The third kappa shape index (κ3) is 4.52. The van der Waals surface area contributed by atoms with E-state index in [0.29, 0.717) is 6.42 Å². The second-order valence-electron chi connectivity index (χ2n) is 9.60. The Morgan fingerprint density at radius 1 is 1.06 bits per heavy atom. The SMILES string of the molecule is CCC(C)C(NC(=O)OCC1c2ccccc2-c2ccccc21)C(=O)NC(C)(C(=O)O)C1CC1. The zero-order chi connectivity index (χ0) is 24.5. The highest BCUT2D eigenvalue weighted by Crippen LogP contribution is 2.44. The van der Waals surface area contributed by atoms with Crippen molar-refractivity contribution in [3.05, 3.63) is 59.7 Å². The van der Waals surface area contributed by atoms with Gasteiger partial charge < -0.3 is 20.5 Å². The number of nitrogens with one attached hydrogen (secondary N) is 2. The molecule has 3 atom stereocenters. The van der Waals surface area contributed by atoms with Crippen molar-refractivity contribution in [2.75, 3.05) is 6.61 Å². The number of carbonyl (C=O) groups is 3. The molecule has 180 valence electrons. The Balaban J connectivity index is 1.44. The van der Waals surface area contributed by atoms with Crippen molar-refractivity contribution >= 4 is 18.0 Å². The summed E-state index contributed by atoms with van der Waals surface area (Å²) in [5, 5.41) is 15.1. The molecule has 2 aliphatic carbocycles. The Bertz CT molecular complexity index is 1050. The minimum atomic E-state index is -1.34. The predicted molar refractivity (Wildman–Crippen MR) is 128 cm³/mol. The standard InChI is InChI=1S/C27H32N2O5/c1-4-16(2)23(24(30)29-27(3,25(31)32)17-13-14-17)28-26(33)34-15-22-20-11-7-5-9-18(20)19-10-6-8-12-21(19)22/h5-12,16-17,22-23H,4,13-15H2,1-3H3,(H,28,33)(H,29,30)(H,31,32). The average molecular weight is 465 g/mol. The summed E-state index contributed by atoms with van der Waals surface area (Å²) in [6.07, 6.45) is 1.47. The van der Waals surface area contributed by atoms with Gasteiger partial charge in [-0.05, 0) is 53.9 Å². The van der Waals surface area contributed by atoms with Crippen molar-refractivity contribution in [1.82, 2.24) is 10.6 Å². The highest BCUT2D eigenvalue weighted by Gasteiger charge is 2.49. The van der Waals surface area contributed by atoms with Crippen LogP contribution in [0, 0.1) is 11.8 Å². The van der Waals surface area contributed by atoms with Crippen LogP contribution in [-0.4, -0.2) is 41.3 Å². The van der Waals surface area contributed by atoms with Gasteiger partial charge in [0.25, 0.3) is 0 Å². The number of hydrogen-bond acceptors (Lipinski definition) is 4. The second-order valence-corrected chi connectivity index (χ2v) is 9.60. The first-order valence-electron chi connectivity index (χ1n) is 11.9. The Hall–Kier alpha value is -3.35. The minimum Gasteiger partial charge on any atom is -0.480 e. The normalized spacial score (nSPS) is 18.1. The number of hydrogen-bond donors (Lipinski definition) is 3. The lowest BCUT2D eigenvalue weighted by atomic mass is 9.93. The topological polar surface area (TPSA) is 105 Å². The quantitative estimate of drug-likeness (QED) is 0.513. The van der Waals surface area contributed by atoms with E-state index < -0.39 is 29.6 Å². The van der Waals surface area contributed by atoms with Gasteiger partial charge in [-0.3, -0.25) is 4.79 Å². The molecule has 0 saturated heterocycles. The number of ether oxygens (including phenoxy) is 1. The number of carboxylic acid groups (broad SMARTS) is 1. The molecule has 1 fully saturated rings. The molecule has 0 radical (unpaired) electrons. The summed E-state index contributed by atoms with van der Waals surface area (Å²) in [5.74, 6) is -1.94. The van der Waals surface area contributed by atoms with Crippen LogP contribution < -0.4 is 10.6 Å². The summed E-state index contributed by atoms with van der Waals surface area (Å²) in [4.78, 5) is 37.7. The molecular formula is C27H32N2O5. The van der Waals surface area contributed by atoms with E-state index in [-0.39, 0.29) is 24.4 Å². The summed E-state index contributed by atoms with van der Waals surface area (Å²) < 4.78 is 5.61. The van der Waals surface area contributed by atoms with Crippen LogP contribution in [0.5, 0.6) is 0 Å². The van der Waals surface area contributed by atoms with E-state index >= 15 is 0 Å². The van der Waals surface area contributed by atoms with Gasteiger partial charge in [-0.1, -0.05) is 68.8 Å². The summed E-state index contributed by atoms with van der Waals surface area (Å²) in [6.45, 7) is 5.44. The van der Waals surface area contributed by atoms with Crippen LogP contribution in [-0.2, 0) is 14.3 Å². The number of carbonyl (C=O) groups excluding carboxylic acids is 2. The molecule has 3 N–H and O–H groups in total. The lowest BCUT2D eigenvalue weighted by Crippen LogP contribution is -2.60. The molecule has 0 bridgehead atoms. The van der Waals surface area contributed by atoms with Crippen LogP contribution in [0.3, 0.4) is 0 Å². The van der Waals surface area contributed by atoms with Crippen molar-refractivity contribution in [2.24, 2.45) is 11.8 Å². The third-order valence-electron chi connectivity index (χ3n) is 7.33. The maximum atomic E-state index is 13.1. The molecule has 1 saturated carbocycles. The molecule has 2 amide bonds. The fourth-order valence-corrected chi connectivity index (χ4v) is 4.79. The van der Waals surface area contributed by atoms with Crippen molar-refractivity contribution in [1.29, 1.82) is 0 Å². The van der Waals surface area contributed by atoms with Crippen molar-refractivity contribution < 1.29 is 24.2 Å². The lowest BCUT2D eigenvalue weighted by molar-refractivity contribution is -0.148. The smallest absolute Gasteiger partial charge is 0.407 e. The fourth-order valence-electron chi connectivity index (χ4n) is 4.79. The van der Waals surface area contributed by atoms with E-state index in [1.165, 1.54) is 6.92 Å². The Morgan fingerprint density at radius 2 is 1.62 bits per heavy atom. The number of amides is 2. The second kappa shape index (κ2) is 9.49. The summed E-state index contributed by atoms with van der Waals surface area (Å²) in [5.41, 5.74) is 3.14. The van der Waals surface area contributed by atoms with Gasteiger partial charge >= 0.3 is 12.1 Å². The number of aliphatic carboxylic acids is 1. The van der Waals surface area contributed by atoms with Crippen molar-refractivity contribution in [2.45, 2.75) is 57.5 Å². The van der Waals surface area contributed by atoms with E-state index in [0.717, 1.165) is 35.1 Å². The number of fused-ring (bicyclic) bond motifs is 3. The van der Waals surface area contributed by atoms with E-state index in [2.05, 4.69) is 22.8 Å². The minimum absolute atomic E-state index is 0.0841. The molecule has 3 unspecified atom stereocenters. The average Bonchev–Trinajstić information content (AvgIpc) is 3.64. The Kier molecular flexibility index (Phi) is 6.64. The van der Waals surface area contributed by atoms with Crippen LogP contribution >= 0.6 is 0 Å². The molecule has 7 heteroatoms. The summed E-state index contributed by atoms with van der Waals surface area (Å²) in [7, 11) is 0. The Labute approximate surface area is 199 Å². The van der Waals surface area contributed by atoms with Crippen molar-refractivity contribution in [3.63, 3.8) is 0 Å². The van der Waals surface area contributed by atoms with Crippen LogP contribution in [0.4, 0.5) is 4.79 Å². The van der Waals surface area contributed by atoms with E-state index in [9.17, 15) is 19.5 Å². The first-order chi connectivity index (χ1) is 16.3. The van der Waals surface area contributed by atoms with Crippen LogP contribution in [0.2, 0.25) is 0 Å². The molecule has 2 aromatic carbocycles. The molecule has 0 spiro atoms. The molecule has 4 rings (SSSR count). The molecule has 2 aromatic rings. The molecular weight excluding hydrogens is 432 g/mol. The van der Waals surface area contributed by atoms with Gasteiger partial charge in [0.15, 0.2) is 0 Å². The van der Waals surface area contributed by atoms with Crippen LogP contribution in [0.15, 0.2) is 48.5 Å². The maximum absolute atomic E-state index is 13.1. The van der Waals surface area contributed by atoms with Gasteiger partial charge in [-0.2, -0.15) is 0 Å². The molecule has 2 aliphatic rings. The fraction of sp³-hybridized carbons (Fsp3) is 0.444. The van der Waals surface area contributed by atoms with Crippen LogP contribution in [0.25, 0.3) is 11.1 Å². The number of benzene rings is 2. The number of rotatable bonds is 9. The number of alkyl carbamates (subject to hydrolysis) is 1. The highest BCUT2D eigenvalue weighted by molar-refractivity contribution is 5.91.